The van der Waals surface area contributed by atoms with Crippen LogP contribution in [0.4, 0.5) is 27.8 Å². The Morgan fingerprint density at radius 1 is 1.11 bits per heavy atom. The van der Waals surface area contributed by atoms with Gasteiger partial charge in [0.1, 0.15) is 5.82 Å². The van der Waals surface area contributed by atoms with Crippen molar-refractivity contribution in [2.75, 3.05) is 38.5 Å². The van der Waals surface area contributed by atoms with Crippen LogP contribution < -0.4 is 5.73 Å². The number of alkyl halides is 5. The van der Waals surface area contributed by atoms with Gasteiger partial charge < -0.3 is 5.73 Å². The molecule has 2 aliphatic carbocycles. The van der Waals surface area contributed by atoms with E-state index in [0.29, 0.717) is 36.3 Å². The third-order valence-corrected chi connectivity index (χ3v) is 7.96. The molecule has 1 saturated heterocycles. The molecule has 3 fully saturated rings. The molecule has 3 atom stereocenters. The Labute approximate surface area is 201 Å². The highest BCUT2D eigenvalue weighted by Crippen LogP contribution is 2.65. The molecule has 192 valence electrons. The average Bonchev–Trinajstić information content (AvgIpc) is 3.13. The number of halogens is 5. The maximum atomic E-state index is 13.4. The zero-order valence-corrected chi connectivity index (χ0v) is 19.9. The molecule has 2 aromatic rings. The lowest BCUT2D eigenvalue weighted by molar-refractivity contribution is -0.137. The average molecular weight is 499 g/mol. The Kier molecular flexibility index (Phi) is 6.06. The second kappa shape index (κ2) is 8.69. The molecular formula is C24H31F5N6. The number of nitrogen functional groups attached to an aromatic ring is 1. The second-order valence-electron chi connectivity index (χ2n) is 10.5. The summed E-state index contributed by atoms with van der Waals surface area (Å²) >= 11 is 0. The third kappa shape index (κ3) is 4.52. The summed E-state index contributed by atoms with van der Waals surface area (Å²) in [6.45, 7) is 6.74. The molecule has 3 heterocycles. The van der Waals surface area contributed by atoms with Crippen LogP contribution in [0.25, 0.3) is 11.3 Å². The summed E-state index contributed by atoms with van der Waals surface area (Å²) in [6, 6.07) is 3.39. The zero-order valence-electron chi connectivity index (χ0n) is 19.9. The number of pyridine rings is 1. The molecule has 35 heavy (non-hydrogen) atoms. The molecule has 6 nitrogen and oxygen atoms in total. The van der Waals surface area contributed by atoms with Gasteiger partial charge in [-0.15, -0.1) is 0 Å². The van der Waals surface area contributed by atoms with Crippen LogP contribution in [0.2, 0.25) is 0 Å². The maximum Gasteiger partial charge on any atom is 0.419 e. The summed E-state index contributed by atoms with van der Waals surface area (Å²) in [5.41, 5.74) is 6.33. The van der Waals surface area contributed by atoms with Crippen molar-refractivity contribution in [3.63, 3.8) is 0 Å². The van der Waals surface area contributed by atoms with Crippen molar-refractivity contribution >= 4 is 5.82 Å². The van der Waals surface area contributed by atoms with E-state index in [1.54, 1.807) is 0 Å². The first kappa shape index (κ1) is 24.4. The smallest absolute Gasteiger partial charge is 0.383 e. The first-order valence-electron chi connectivity index (χ1n) is 12.2. The van der Waals surface area contributed by atoms with E-state index in [4.69, 9.17) is 10.8 Å². The fourth-order valence-electron chi connectivity index (χ4n) is 6.12. The van der Waals surface area contributed by atoms with Crippen molar-refractivity contribution in [2.24, 2.45) is 5.92 Å². The van der Waals surface area contributed by atoms with Crippen molar-refractivity contribution in [1.82, 2.24) is 24.6 Å². The normalized spacial score (nSPS) is 27.7. The summed E-state index contributed by atoms with van der Waals surface area (Å²) < 4.78 is 67.5. The lowest BCUT2D eigenvalue weighted by Crippen LogP contribution is -2.51. The molecule has 2 aromatic heterocycles. The van der Waals surface area contributed by atoms with Gasteiger partial charge in [0.15, 0.2) is 0 Å². The quantitative estimate of drug-likeness (QED) is 0.597. The number of aromatic nitrogens is 3. The molecule has 5 rings (SSSR count). The molecule has 3 aliphatic rings. The van der Waals surface area contributed by atoms with Crippen molar-refractivity contribution in [3.8, 4) is 11.3 Å². The summed E-state index contributed by atoms with van der Waals surface area (Å²) in [7, 11) is 0. The van der Waals surface area contributed by atoms with Gasteiger partial charge in [-0.25, -0.2) is 13.8 Å². The monoisotopic (exact) mass is 498 g/mol. The molecule has 0 bridgehead atoms. The van der Waals surface area contributed by atoms with Gasteiger partial charge in [-0.1, -0.05) is 0 Å². The van der Waals surface area contributed by atoms with Crippen LogP contribution in [0.15, 0.2) is 18.3 Å². The number of nitrogens with zero attached hydrogens (tertiary/aromatic N) is 5. The van der Waals surface area contributed by atoms with E-state index in [0.717, 1.165) is 44.1 Å². The highest BCUT2D eigenvalue weighted by atomic mass is 19.4. The molecule has 1 aliphatic heterocycles. The van der Waals surface area contributed by atoms with Gasteiger partial charge >= 0.3 is 6.18 Å². The number of fused-ring (bicyclic) bond motifs is 1. The SMILES string of the molecule is CC(C)n1nc(-c2cnc(N)c(C(F)(F)F)c2)cc1[C@@]12C[C@H](N3CCN(CC(F)F)CC3)C[C@H]1C2. The molecular weight excluding hydrogens is 467 g/mol. The standard InChI is InChI=1S/C24H31F5N6/c1-14(2)35-20(9-19(32-35)15-7-18(24(27,28)29)22(30)31-12-15)23-10-16(23)8-17(11-23)34-5-3-33(4-6-34)13-21(25)26/h7,9,12,14,16-17,21H,3-6,8,10-11,13H2,1-2H3,(H2,30,31)/t16-,17+,23-/m0/s1. The Morgan fingerprint density at radius 3 is 2.46 bits per heavy atom. The fraction of sp³-hybridized carbons (Fsp3) is 0.667. The maximum absolute atomic E-state index is 13.4. The van der Waals surface area contributed by atoms with Gasteiger partial charge in [0.2, 0.25) is 0 Å². The minimum Gasteiger partial charge on any atom is -0.383 e. The molecule has 0 aromatic carbocycles. The van der Waals surface area contributed by atoms with E-state index < -0.39 is 24.0 Å². The van der Waals surface area contributed by atoms with Crippen molar-refractivity contribution in [2.45, 2.75) is 63.2 Å². The van der Waals surface area contributed by atoms with E-state index in [1.807, 2.05) is 29.5 Å². The predicted octanol–water partition coefficient (Wildman–Crippen LogP) is 4.43. The summed E-state index contributed by atoms with van der Waals surface area (Å²) in [5, 5.41) is 4.70. The molecule has 0 unspecified atom stereocenters. The highest BCUT2D eigenvalue weighted by molar-refractivity contribution is 5.63. The number of piperazine rings is 1. The number of nitrogens with two attached hydrogens (primary N) is 1. The predicted molar refractivity (Wildman–Crippen MR) is 122 cm³/mol. The number of hydrogen-bond donors (Lipinski definition) is 1. The van der Waals surface area contributed by atoms with E-state index >= 15 is 0 Å². The second-order valence-corrected chi connectivity index (χ2v) is 10.5. The largest absolute Gasteiger partial charge is 0.419 e. The third-order valence-electron chi connectivity index (χ3n) is 7.96. The topological polar surface area (TPSA) is 63.2 Å². The van der Waals surface area contributed by atoms with Crippen molar-refractivity contribution < 1.29 is 22.0 Å². The Bertz CT molecular complexity index is 1070. The van der Waals surface area contributed by atoms with Gasteiger partial charge in [-0.05, 0) is 51.2 Å². The van der Waals surface area contributed by atoms with Crippen LogP contribution in [-0.4, -0.2) is 69.8 Å². The Hall–Kier alpha value is -2.27. The van der Waals surface area contributed by atoms with Gasteiger partial charge in [0.05, 0.1) is 17.8 Å². The van der Waals surface area contributed by atoms with Crippen LogP contribution in [-0.2, 0) is 11.6 Å². The van der Waals surface area contributed by atoms with Crippen LogP contribution in [0.3, 0.4) is 0 Å². The van der Waals surface area contributed by atoms with Crippen LogP contribution in [0, 0.1) is 5.92 Å². The van der Waals surface area contributed by atoms with E-state index in [1.165, 1.54) is 6.20 Å². The summed E-state index contributed by atoms with van der Waals surface area (Å²) in [4.78, 5) is 8.02. The molecule has 11 heteroatoms. The number of anilines is 1. The first-order chi connectivity index (χ1) is 16.5. The van der Waals surface area contributed by atoms with Gasteiger partial charge in [-0.3, -0.25) is 14.5 Å². The molecule has 0 amide bonds. The lowest BCUT2D eigenvalue weighted by atomic mass is 9.95. The molecule has 0 radical (unpaired) electrons. The van der Waals surface area contributed by atoms with Crippen LogP contribution >= 0.6 is 0 Å². The van der Waals surface area contributed by atoms with Gasteiger partial charge in [-0.2, -0.15) is 18.3 Å². The lowest BCUT2D eigenvalue weighted by Gasteiger charge is -2.38. The minimum atomic E-state index is -4.59. The van der Waals surface area contributed by atoms with Crippen LogP contribution in [0.5, 0.6) is 0 Å². The van der Waals surface area contributed by atoms with Gasteiger partial charge in [0, 0.05) is 61.1 Å². The summed E-state index contributed by atoms with van der Waals surface area (Å²) in [5.74, 6) is -0.0400. The first-order valence-corrected chi connectivity index (χ1v) is 12.2. The van der Waals surface area contributed by atoms with E-state index in [-0.39, 0.29) is 18.0 Å². The molecule has 2 saturated carbocycles. The molecule has 0 spiro atoms. The number of rotatable bonds is 6. The number of hydrogen-bond acceptors (Lipinski definition) is 5. The highest BCUT2D eigenvalue weighted by Gasteiger charge is 2.63. The minimum absolute atomic E-state index is 0.0333. The van der Waals surface area contributed by atoms with Crippen molar-refractivity contribution in [3.05, 3.63) is 29.6 Å². The zero-order chi connectivity index (χ0) is 25.1. The Morgan fingerprint density at radius 2 is 1.83 bits per heavy atom. The van der Waals surface area contributed by atoms with Gasteiger partial charge in [0.25, 0.3) is 6.43 Å². The fourth-order valence-corrected chi connectivity index (χ4v) is 6.12. The van der Waals surface area contributed by atoms with Crippen LogP contribution in [0.1, 0.15) is 50.4 Å². The molecule has 2 N–H and O–H groups in total. The summed E-state index contributed by atoms with van der Waals surface area (Å²) in [6.07, 6.45) is -2.50. The van der Waals surface area contributed by atoms with Crippen molar-refractivity contribution in [1.29, 1.82) is 0 Å². The van der Waals surface area contributed by atoms with E-state index in [9.17, 15) is 22.0 Å². The van der Waals surface area contributed by atoms with E-state index in [2.05, 4.69) is 9.88 Å². The Balaban J connectivity index is 1.37.